The molecule has 0 amide bonds. The lowest BCUT2D eigenvalue weighted by Gasteiger charge is -2.36. The molecule has 2 aliphatic rings. The first-order chi connectivity index (χ1) is 7.07. The highest BCUT2D eigenvalue weighted by atomic mass is 32.2. The minimum atomic E-state index is 0.605. The fourth-order valence-corrected chi connectivity index (χ4v) is 4.03. The molecule has 1 N–H and O–H groups in total. The van der Waals surface area contributed by atoms with Crippen molar-refractivity contribution in [1.29, 1.82) is 0 Å². The van der Waals surface area contributed by atoms with E-state index in [-0.39, 0.29) is 0 Å². The summed E-state index contributed by atoms with van der Waals surface area (Å²) < 4.78 is 0. The summed E-state index contributed by atoms with van der Waals surface area (Å²) in [4.78, 5) is 0. The van der Waals surface area contributed by atoms with E-state index in [9.17, 15) is 0 Å². The molecule has 2 unspecified atom stereocenters. The van der Waals surface area contributed by atoms with E-state index >= 15 is 0 Å². The van der Waals surface area contributed by atoms with Crippen LogP contribution in [0, 0.1) is 5.41 Å². The Morgan fingerprint density at radius 2 is 1.80 bits per heavy atom. The Morgan fingerprint density at radius 3 is 2.33 bits per heavy atom. The fraction of sp³-hybridized carbons (Fsp3) is 1.00. The van der Waals surface area contributed by atoms with Gasteiger partial charge in [0.25, 0.3) is 0 Å². The number of hydrogen-bond acceptors (Lipinski definition) is 2. The Kier molecular flexibility index (Phi) is 3.67. The SMILES string of the molecule is CC1SCCC1NC1CCC(C)(C)CC1. The van der Waals surface area contributed by atoms with Crippen molar-refractivity contribution >= 4 is 11.8 Å². The molecule has 1 saturated carbocycles. The quantitative estimate of drug-likeness (QED) is 0.775. The maximum Gasteiger partial charge on any atom is 0.0194 e. The normalized spacial score (nSPS) is 37.0. The Labute approximate surface area is 98.8 Å². The van der Waals surface area contributed by atoms with Crippen molar-refractivity contribution in [3.63, 3.8) is 0 Å². The van der Waals surface area contributed by atoms with E-state index in [2.05, 4.69) is 37.8 Å². The van der Waals surface area contributed by atoms with Gasteiger partial charge in [0.1, 0.15) is 0 Å². The molecule has 1 aliphatic carbocycles. The van der Waals surface area contributed by atoms with Crippen molar-refractivity contribution in [2.24, 2.45) is 5.41 Å². The lowest BCUT2D eigenvalue weighted by Crippen LogP contribution is -2.44. The Morgan fingerprint density at radius 1 is 1.13 bits per heavy atom. The van der Waals surface area contributed by atoms with Crippen LogP contribution in [0.1, 0.15) is 52.9 Å². The van der Waals surface area contributed by atoms with Gasteiger partial charge in [0, 0.05) is 17.3 Å². The van der Waals surface area contributed by atoms with Crippen molar-refractivity contribution in [2.45, 2.75) is 70.2 Å². The highest BCUT2D eigenvalue weighted by Crippen LogP contribution is 2.36. The molecule has 1 aliphatic heterocycles. The van der Waals surface area contributed by atoms with E-state index in [4.69, 9.17) is 0 Å². The molecule has 0 radical (unpaired) electrons. The molecule has 2 rings (SSSR count). The standard InChI is InChI=1S/C13H25NS/c1-10-12(6-9-15-10)14-11-4-7-13(2,3)8-5-11/h10-12,14H,4-9H2,1-3H3. The van der Waals surface area contributed by atoms with Gasteiger partial charge < -0.3 is 5.32 Å². The van der Waals surface area contributed by atoms with Crippen LogP contribution in [-0.4, -0.2) is 23.1 Å². The Hall–Kier alpha value is 0.310. The van der Waals surface area contributed by atoms with E-state index in [1.54, 1.807) is 0 Å². The molecule has 1 saturated heterocycles. The summed E-state index contributed by atoms with van der Waals surface area (Å²) in [5.41, 5.74) is 0.605. The lowest BCUT2D eigenvalue weighted by atomic mass is 9.75. The van der Waals surface area contributed by atoms with Crippen molar-refractivity contribution in [2.75, 3.05) is 5.75 Å². The summed E-state index contributed by atoms with van der Waals surface area (Å²) in [5.74, 6) is 1.36. The second-order valence-corrected chi connectivity index (χ2v) is 7.56. The van der Waals surface area contributed by atoms with Gasteiger partial charge in [0.2, 0.25) is 0 Å². The highest BCUT2D eigenvalue weighted by Gasteiger charge is 2.30. The van der Waals surface area contributed by atoms with E-state index in [0.29, 0.717) is 5.41 Å². The van der Waals surface area contributed by atoms with Crippen LogP contribution >= 0.6 is 11.8 Å². The summed E-state index contributed by atoms with van der Waals surface area (Å²) in [6.07, 6.45) is 6.96. The summed E-state index contributed by atoms with van der Waals surface area (Å²) >= 11 is 2.13. The van der Waals surface area contributed by atoms with Crippen molar-refractivity contribution < 1.29 is 0 Å². The Bertz CT molecular complexity index is 205. The van der Waals surface area contributed by atoms with E-state index in [0.717, 1.165) is 17.3 Å². The first-order valence-corrected chi connectivity index (χ1v) is 7.49. The summed E-state index contributed by atoms with van der Waals surface area (Å²) in [7, 11) is 0. The fourth-order valence-electron chi connectivity index (χ4n) is 2.82. The summed E-state index contributed by atoms with van der Waals surface area (Å²) in [6, 6.07) is 1.60. The van der Waals surface area contributed by atoms with Crippen LogP contribution in [0.15, 0.2) is 0 Å². The molecule has 0 bridgehead atoms. The number of rotatable bonds is 2. The van der Waals surface area contributed by atoms with Gasteiger partial charge in [0.05, 0.1) is 0 Å². The molecular formula is C13H25NS. The van der Waals surface area contributed by atoms with Crippen LogP contribution in [0.4, 0.5) is 0 Å². The van der Waals surface area contributed by atoms with Gasteiger partial charge in [-0.1, -0.05) is 20.8 Å². The summed E-state index contributed by atoms with van der Waals surface area (Å²) in [5, 5.41) is 4.72. The zero-order valence-electron chi connectivity index (χ0n) is 10.4. The zero-order chi connectivity index (χ0) is 10.9. The minimum absolute atomic E-state index is 0.605. The van der Waals surface area contributed by atoms with E-state index < -0.39 is 0 Å². The van der Waals surface area contributed by atoms with Gasteiger partial charge in [-0.25, -0.2) is 0 Å². The van der Waals surface area contributed by atoms with Gasteiger partial charge in [-0.3, -0.25) is 0 Å². The predicted molar refractivity (Wildman–Crippen MR) is 69.5 cm³/mol. The van der Waals surface area contributed by atoms with Gasteiger partial charge >= 0.3 is 0 Å². The second kappa shape index (κ2) is 4.67. The molecule has 1 nitrogen and oxygen atoms in total. The van der Waals surface area contributed by atoms with Crippen molar-refractivity contribution in [3.8, 4) is 0 Å². The molecule has 0 spiro atoms. The third kappa shape index (κ3) is 3.13. The topological polar surface area (TPSA) is 12.0 Å². The van der Waals surface area contributed by atoms with Crippen LogP contribution in [0.2, 0.25) is 0 Å². The molecule has 0 aromatic carbocycles. The molecule has 2 heteroatoms. The monoisotopic (exact) mass is 227 g/mol. The van der Waals surface area contributed by atoms with Gasteiger partial charge in [0.15, 0.2) is 0 Å². The van der Waals surface area contributed by atoms with Crippen LogP contribution in [0.3, 0.4) is 0 Å². The van der Waals surface area contributed by atoms with Crippen LogP contribution in [0.25, 0.3) is 0 Å². The minimum Gasteiger partial charge on any atom is -0.310 e. The third-order valence-electron chi connectivity index (χ3n) is 4.17. The van der Waals surface area contributed by atoms with Gasteiger partial charge in [-0.05, 0) is 43.3 Å². The molecule has 0 aromatic heterocycles. The first kappa shape index (κ1) is 11.8. The molecule has 0 aromatic rings. The van der Waals surface area contributed by atoms with Crippen LogP contribution < -0.4 is 5.32 Å². The second-order valence-electron chi connectivity index (χ2n) is 6.08. The summed E-state index contributed by atoms with van der Waals surface area (Å²) in [6.45, 7) is 7.20. The molecular weight excluding hydrogens is 202 g/mol. The molecule has 88 valence electrons. The van der Waals surface area contributed by atoms with Crippen LogP contribution in [0.5, 0.6) is 0 Å². The lowest BCUT2D eigenvalue weighted by molar-refractivity contribution is 0.198. The largest absolute Gasteiger partial charge is 0.310 e. The third-order valence-corrected chi connectivity index (χ3v) is 5.49. The zero-order valence-corrected chi connectivity index (χ0v) is 11.2. The Balaban J connectivity index is 1.77. The maximum atomic E-state index is 3.88. The first-order valence-electron chi connectivity index (χ1n) is 6.44. The maximum absolute atomic E-state index is 3.88. The predicted octanol–water partition coefficient (Wildman–Crippen LogP) is 3.44. The smallest absolute Gasteiger partial charge is 0.0194 e. The van der Waals surface area contributed by atoms with Gasteiger partial charge in [-0.2, -0.15) is 11.8 Å². The number of thioether (sulfide) groups is 1. The van der Waals surface area contributed by atoms with Crippen LogP contribution in [-0.2, 0) is 0 Å². The molecule has 1 heterocycles. The van der Waals surface area contributed by atoms with Crippen molar-refractivity contribution in [1.82, 2.24) is 5.32 Å². The van der Waals surface area contributed by atoms with E-state index in [1.807, 2.05) is 0 Å². The van der Waals surface area contributed by atoms with Crippen molar-refractivity contribution in [3.05, 3.63) is 0 Å². The highest BCUT2D eigenvalue weighted by molar-refractivity contribution is 8.00. The molecule has 2 atom stereocenters. The molecule has 2 fully saturated rings. The number of nitrogens with one attached hydrogen (secondary N) is 1. The molecule has 15 heavy (non-hydrogen) atoms. The van der Waals surface area contributed by atoms with E-state index in [1.165, 1.54) is 37.9 Å². The average molecular weight is 227 g/mol. The average Bonchev–Trinajstić information content (AvgIpc) is 2.56. The number of hydrogen-bond donors (Lipinski definition) is 1. The van der Waals surface area contributed by atoms with Gasteiger partial charge in [-0.15, -0.1) is 0 Å².